The fraction of sp³-hybridized carbons (Fsp3) is 0.688. The van der Waals surface area contributed by atoms with E-state index in [9.17, 15) is 0 Å². The Morgan fingerprint density at radius 1 is 1.24 bits per heavy atom. The Kier molecular flexibility index (Phi) is 5.65. The van der Waals surface area contributed by atoms with E-state index in [1.54, 1.807) is 11.3 Å². The van der Waals surface area contributed by atoms with Crippen molar-refractivity contribution in [1.82, 2.24) is 14.7 Å². The topological polar surface area (TPSA) is 32.6 Å². The molecule has 0 fully saturated rings. The number of aromatic nitrogens is 2. The van der Waals surface area contributed by atoms with Crippen molar-refractivity contribution in [3.63, 3.8) is 0 Å². The molecule has 0 atom stereocenters. The number of thiazole rings is 1. The third-order valence-corrected chi connectivity index (χ3v) is 4.11. The lowest BCUT2D eigenvalue weighted by atomic mass is 10.1. The van der Waals surface area contributed by atoms with Crippen LogP contribution in [0.4, 0.5) is 5.82 Å². The molecule has 118 valence electrons. The largest absolute Gasteiger partial charge is 0.355 e. The maximum absolute atomic E-state index is 4.90. The molecule has 0 aliphatic heterocycles. The maximum atomic E-state index is 4.90. The first-order valence-corrected chi connectivity index (χ1v) is 8.81. The first kappa shape index (κ1) is 16.3. The minimum Gasteiger partial charge on any atom is -0.355 e. The van der Waals surface area contributed by atoms with Gasteiger partial charge in [0.2, 0.25) is 0 Å². The third kappa shape index (κ3) is 3.98. The Bertz CT molecular complexity index is 546. The second kappa shape index (κ2) is 7.27. The van der Waals surface area contributed by atoms with Crippen LogP contribution in [0.5, 0.6) is 0 Å². The van der Waals surface area contributed by atoms with Gasteiger partial charge in [0.15, 0.2) is 10.8 Å². The highest BCUT2D eigenvalue weighted by Crippen LogP contribution is 2.26. The quantitative estimate of drug-likeness (QED) is 0.808. The van der Waals surface area contributed by atoms with Crippen molar-refractivity contribution in [2.45, 2.75) is 41.2 Å². The normalized spacial score (nSPS) is 12.0. The van der Waals surface area contributed by atoms with E-state index in [2.05, 4.69) is 60.8 Å². The van der Waals surface area contributed by atoms with Gasteiger partial charge in [-0.1, -0.05) is 34.6 Å². The summed E-state index contributed by atoms with van der Waals surface area (Å²) in [5, 5.41) is 5.56. The van der Waals surface area contributed by atoms with Crippen LogP contribution in [0.1, 0.15) is 40.3 Å². The molecule has 0 aliphatic rings. The van der Waals surface area contributed by atoms with Gasteiger partial charge in [-0.25, -0.2) is 4.98 Å². The molecule has 2 heterocycles. The molecule has 4 nitrogen and oxygen atoms in total. The number of fused-ring (bicyclic) bond motifs is 1. The molecule has 0 unspecified atom stereocenters. The molecular weight excluding hydrogens is 280 g/mol. The van der Waals surface area contributed by atoms with E-state index in [4.69, 9.17) is 4.98 Å². The first-order chi connectivity index (χ1) is 10.0. The summed E-state index contributed by atoms with van der Waals surface area (Å²) in [5.41, 5.74) is 1.29. The highest BCUT2D eigenvalue weighted by atomic mass is 32.1. The average Bonchev–Trinajstić information content (AvgIpc) is 2.95. The maximum Gasteiger partial charge on any atom is 0.195 e. The van der Waals surface area contributed by atoms with E-state index >= 15 is 0 Å². The molecule has 0 saturated carbocycles. The van der Waals surface area contributed by atoms with Crippen molar-refractivity contribution in [2.24, 2.45) is 11.8 Å². The Morgan fingerprint density at radius 3 is 2.48 bits per heavy atom. The van der Waals surface area contributed by atoms with Gasteiger partial charge in [-0.15, -0.1) is 11.3 Å². The molecule has 0 aliphatic carbocycles. The Balaban J connectivity index is 2.37. The van der Waals surface area contributed by atoms with Crippen LogP contribution in [-0.4, -0.2) is 29.0 Å². The summed E-state index contributed by atoms with van der Waals surface area (Å²) in [6.07, 6.45) is 2.13. The molecule has 0 aromatic carbocycles. The number of nitrogens with one attached hydrogen (secondary N) is 1. The second-order valence-electron chi connectivity index (χ2n) is 6.41. The van der Waals surface area contributed by atoms with Crippen LogP contribution in [0, 0.1) is 11.8 Å². The van der Waals surface area contributed by atoms with Crippen molar-refractivity contribution in [3.05, 3.63) is 17.3 Å². The van der Waals surface area contributed by atoms with Crippen molar-refractivity contribution in [1.29, 1.82) is 0 Å². The van der Waals surface area contributed by atoms with Crippen LogP contribution in [-0.2, 0) is 6.54 Å². The average molecular weight is 308 g/mol. The molecule has 2 aromatic rings. The van der Waals surface area contributed by atoms with Crippen LogP contribution in [0.15, 0.2) is 11.6 Å². The number of rotatable bonds is 8. The molecule has 0 spiro atoms. The Hall–Kier alpha value is -1.07. The van der Waals surface area contributed by atoms with Crippen molar-refractivity contribution in [3.8, 4) is 0 Å². The molecule has 0 bridgehead atoms. The summed E-state index contributed by atoms with van der Waals surface area (Å²) in [7, 11) is 0. The molecule has 0 saturated heterocycles. The van der Waals surface area contributed by atoms with E-state index in [1.807, 2.05) is 0 Å². The summed E-state index contributed by atoms with van der Waals surface area (Å²) in [5.74, 6) is 2.43. The van der Waals surface area contributed by atoms with Gasteiger partial charge in [-0.2, -0.15) is 0 Å². The van der Waals surface area contributed by atoms with Gasteiger partial charge in [0.25, 0.3) is 0 Å². The summed E-state index contributed by atoms with van der Waals surface area (Å²) in [4.78, 5) is 8.45. The van der Waals surface area contributed by atoms with Crippen LogP contribution >= 0.6 is 11.3 Å². The zero-order chi connectivity index (χ0) is 15.4. The Morgan fingerprint density at radius 2 is 1.90 bits per heavy atom. The van der Waals surface area contributed by atoms with Gasteiger partial charge in [-0.3, -0.25) is 4.40 Å². The van der Waals surface area contributed by atoms with Crippen molar-refractivity contribution < 1.29 is 0 Å². The lowest BCUT2D eigenvalue weighted by Gasteiger charge is -2.27. The van der Waals surface area contributed by atoms with Gasteiger partial charge < -0.3 is 10.2 Å². The molecule has 0 radical (unpaired) electrons. The number of hydrogen-bond acceptors (Lipinski definition) is 4. The number of hydrogen-bond donors (Lipinski definition) is 1. The minimum absolute atomic E-state index is 0.635. The zero-order valence-electron chi connectivity index (χ0n) is 13.9. The van der Waals surface area contributed by atoms with Gasteiger partial charge in [0.05, 0.1) is 5.69 Å². The summed E-state index contributed by atoms with van der Waals surface area (Å²) < 4.78 is 2.23. The number of anilines is 1. The highest BCUT2D eigenvalue weighted by molar-refractivity contribution is 7.15. The summed E-state index contributed by atoms with van der Waals surface area (Å²) in [6, 6.07) is 0. The van der Waals surface area contributed by atoms with E-state index in [-0.39, 0.29) is 0 Å². The van der Waals surface area contributed by atoms with E-state index in [1.165, 1.54) is 5.69 Å². The highest BCUT2D eigenvalue weighted by Gasteiger charge is 2.20. The summed E-state index contributed by atoms with van der Waals surface area (Å²) >= 11 is 1.71. The fourth-order valence-electron chi connectivity index (χ4n) is 2.61. The third-order valence-electron chi connectivity index (χ3n) is 3.35. The summed E-state index contributed by atoms with van der Waals surface area (Å²) in [6.45, 7) is 15.2. The van der Waals surface area contributed by atoms with Gasteiger partial charge in [0.1, 0.15) is 0 Å². The molecule has 2 rings (SSSR count). The smallest absolute Gasteiger partial charge is 0.195 e. The Labute approximate surface area is 132 Å². The van der Waals surface area contributed by atoms with Crippen molar-refractivity contribution >= 4 is 22.1 Å². The van der Waals surface area contributed by atoms with Crippen LogP contribution in [0.25, 0.3) is 4.96 Å². The predicted molar refractivity (Wildman–Crippen MR) is 92.3 cm³/mol. The van der Waals surface area contributed by atoms with E-state index in [0.29, 0.717) is 11.8 Å². The monoisotopic (exact) mass is 308 g/mol. The fourth-order valence-corrected chi connectivity index (χ4v) is 3.34. The van der Waals surface area contributed by atoms with Gasteiger partial charge in [-0.05, 0) is 18.4 Å². The van der Waals surface area contributed by atoms with Crippen LogP contribution in [0.2, 0.25) is 0 Å². The first-order valence-electron chi connectivity index (χ1n) is 7.93. The van der Waals surface area contributed by atoms with Crippen LogP contribution < -0.4 is 10.2 Å². The van der Waals surface area contributed by atoms with Gasteiger partial charge in [0, 0.05) is 31.2 Å². The SMILES string of the molecule is CCNCc1c(N(CC(C)C)CC(C)C)nc2sccn12. The predicted octanol–water partition coefficient (Wildman–Crippen LogP) is 3.62. The molecule has 5 heteroatoms. The standard InChI is InChI=1S/C16H28N4S/c1-6-17-9-14-15(18-16-20(14)7-8-21-16)19(10-12(2)3)11-13(4)5/h7-8,12-13,17H,6,9-11H2,1-5H3. The lowest BCUT2D eigenvalue weighted by Crippen LogP contribution is -2.33. The molecular formula is C16H28N4S. The molecule has 0 amide bonds. The van der Waals surface area contributed by atoms with E-state index in [0.717, 1.165) is 37.0 Å². The zero-order valence-corrected chi connectivity index (χ0v) is 14.7. The van der Waals surface area contributed by atoms with E-state index < -0.39 is 0 Å². The lowest BCUT2D eigenvalue weighted by molar-refractivity contribution is 0.546. The number of nitrogens with zero attached hydrogens (tertiary/aromatic N) is 3. The number of imidazole rings is 1. The van der Waals surface area contributed by atoms with Crippen molar-refractivity contribution in [2.75, 3.05) is 24.5 Å². The second-order valence-corrected chi connectivity index (χ2v) is 7.28. The molecule has 1 N–H and O–H groups in total. The minimum atomic E-state index is 0.635. The molecule has 21 heavy (non-hydrogen) atoms. The van der Waals surface area contributed by atoms with Crippen LogP contribution in [0.3, 0.4) is 0 Å². The molecule has 2 aromatic heterocycles. The van der Waals surface area contributed by atoms with Gasteiger partial charge >= 0.3 is 0 Å².